The molecule has 0 spiro atoms. The Balaban J connectivity index is 1.94. The maximum atomic E-state index is 10.7. The second kappa shape index (κ2) is 6.47. The van der Waals surface area contributed by atoms with E-state index >= 15 is 0 Å². The third-order valence-corrected chi connectivity index (χ3v) is 3.56. The molecule has 0 radical (unpaired) electrons. The highest BCUT2D eigenvalue weighted by Crippen LogP contribution is 2.23. The molecular weight excluding hydrogens is 280 g/mol. The number of non-ortho nitro benzene ring substituents is 1. The number of aliphatic hydroxyl groups is 1. The van der Waals surface area contributed by atoms with Crippen LogP contribution in [0.1, 0.15) is 17.2 Å². The molecule has 0 fully saturated rings. The van der Waals surface area contributed by atoms with Crippen LogP contribution >= 0.6 is 11.3 Å². The third kappa shape index (κ3) is 3.53. The molecule has 0 aliphatic rings. The average molecular weight is 294 g/mol. The van der Waals surface area contributed by atoms with E-state index in [1.165, 1.54) is 29.5 Å². The van der Waals surface area contributed by atoms with Crippen molar-refractivity contribution in [3.05, 3.63) is 56.3 Å². The Morgan fingerprint density at radius 1 is 1.40 bits per heavy atom. The lowest BCUT2D eigenvalue weighted by Gasteiger charge is -2.11. The highest BCUT2D eigenvalue weighted by molar-refractivity contribution is 7.07. The zero-order valence-electron chi connectivity index (χ0n) is 10.5. The molecular formula is C13H14N2O4S. The van der Waals surface area contributed by atoms with Crippen molar-refractivity contribution in [3.8, 4) is 5.75 Å². The van der Waals surface area contributed by atoms with Crippen molar-refractivity contribution in [1.82, 2.24) is 5.32 Å². The van der Waals surface area contributed by atoms with Crippen LogP contribution < -0.4 is 5.32 Å². The molecule has 6 nitrogen and oxygen atoms in total. The van der Waals surface area contributed by atoms with Gasteiger partial charge in [0.1, 0.15) is 5.75 Å². The fourth-order valence-electron chi connectivity index (χ4n) is 1.75. The van der Waals surface area contributed by atoms with Gasteiger partial charge < -0.3 is 15.5 Å². The largest absolute Gasteiger partial charge is 0.508 e. The number of nitrogens with one attached hydrogen (secondary N) is 1. The van der Waals surface area contributed by atoms with Gasteiger partial charge in [0.2, 0.25) is 0 Å². The van der Waals surface area contributed by atoms with Crippen LogP contribution in [0.2, 0.25) is 0 Å². The van der Waals surface area contributed by atoms with Crippen LogP contribution in [0, 0.1) is 10.1 Å². The molecule has 20 heavy (non-hydrogen) atoms. The number of benzene rings is 1. The summed E-state index contributed by atoms with van der Waals surface area (Å²) in [6.07, 6.45) is -0.637. The van der Waals surface area contributed by atoms with Gasteiger partial charge >= 0.3 is 0 Å². The Hall–Kier alpha value is -1.96. The summed E-state index contributed by atoms with van der Waals surface area (Å²) in [6, 6.07) is 5.70. The number of aliphatic hydroxyl groups excluding tert-OH is 1. The summed E-state index contributed by atoms with van der Waals surface area (Å²) >= 11 is 1.50. The number of nitro groups is 1. The molecule has 0 amide bonds. The number of thiophene rings is 1. The molecule has 0 aliphatic heterocycles. The van der Waals surface area contributed by atoms with Crippen molar-refractivity contribution in [2.75, 3.05) is 6.54 Å². The Labute approximate surface area is 119 Å². The summed E-state index contributed by atoms with van der Waals surface area (Å²) < 4.78 is 0. The summed E-state index contributed by atoms with van der Waals surface area (Å²) in [7, 11) is 0. The standard InChI is InChI=1S/C13H14N2O4S/c16-12-2-1-11(15(18)19)5-10(12)6-14-7-13(17)9-3-4-20-8-9/h1-5,8,13-14,16-17H,6-7H2. The molecule has 7 heteroatoms. The minimum Gasteiger partial charge on any atom is -0.508 e. The maximum absolute atomic E-state index is 10.7. The summed E-state index contributed by atoms with van der Waals surface area (Å²) in [5, 5.41) is 36.9. The van der Waals surface area contributed by atoms with E-state index in [2.05, 4.69) is 5.32 Å². The number of aromatic hydroxyl groups is 1. The van der Waals surface area contributed by atoms with E-state index in [0.29, 0.717) is 12.1 Å². The predicted molar refractivity (Wildman–Crippen MR) is 75.7 cm³/mol. The van der Waals surface area contributed by atoms with Crippen LogP contribution in [-0.4, -0.2) is 21.7 Å². The highest BCUT2D eigenvalue weighted by Gasteiger charge is 2.11. The van der Waals surface area contributed by atoms with Gasteiger partial charge in [0.15, 0.2) is 0 Å². The van der Waals surface area contributed by atoms with Crippen LogP contribution in [0.4, 0.5) is 5.69 Å². The fraction of sp³-hybridized carbons (Fsp3) is 0.231. The van der Waals surface area contributed by atoms with Crippen LogP contribution in [0.15, 0.2) is 35.0 Å². The SMILES string of the molecule is O=[N+]([O-])c1ccc(O)c(CNCC(O)c2ccsc2)c1. The van der Waals surface area contributed by atoms with Gasteiger partial charge in [-0.25, -0.2) is 0 Å². The molecule has 1 atom stereocenters. The average Bonchev–Trinajstić information content (AvgIpc) is 2.94. The first-order chi connectivity index (χ1) is 9.58. The van der Waals surface area contributed by atoms with Crippen molar-refractivity contribution in [1.29, 1.82) is 0 Å². The lowest BCUT2D eigenvalue weighted by molar-refractivity contribution is -0.384. The summed E-state index contributed by atoms with van der Waals surface area (Å²) in [5.41, 5.74) is 1.18. The van der Waals surface area contributed by atoms with E-state index in [0.717, 1.165) is 5.56 Å². The van der Waals surface area contributed by atoms with Gasteiger partial charge in [-0.15, -0.1) is 0 Å². The first-order valence-electron chi connectivity index (χ1n) is 5.95. The van der Waals surface area contributed by atoms with Gasteiger partial charge in [0.05, 0.1) is 11.0 Å². The normalized spacial score (nSPS) is 12.2. The molecule has 2 rings (SSSR count). The fourth-order valence-corrected chi connectivity index (χ4v) is 2.46. The van der Waals surface area contributed by atoms with Gasteiger partial charge in [-0.1, -0.05) is 0 Å². The summed E-state index contributed by atoms with van der Waals surface area (Å²) in [4.78, 5) is 10.2. The van der Waals surface area contributed by atoms with Crippen molar-refractivity contribution < 1.29 is 15.1 Å². The molecule has 0 bridgehead atoms. The topological polar surface area (TPSA) is 95.6 Å². The first kappa shape index (κ1) is 14.4. The third-order valence-electron chi connectivity index (χ3n) is 2.85. The smallest absolute Gasteiger partial charge is 0.270 e. The molecule has 2 aromatic rings. The van der Waals surface area contributed by atoms with Crippen LogP contribution in [0.5, 0.6) is 5.75 Å². The van der Waals surface area contributed by atoms with Gasteiger partial charge in [-0.3, -0.25) is 10.1 Å². The van der Waals surface area contributed by atoms with Gasteiger partial charge in [-0.05, 0) is 28.5 Å². The van der Waals surface area contributed by atoms with Crippen LogP contribution in [0.25, 0.3) is 0 Å². The molecule has 0 saturated carbocycles. The molecule has 1 aromatic heterocycles. The number of hydrogen-bond acceptors (Lipinski definition) is 6. The van der Waals surface area contributed by atoms with Crippen molar-refractivity contribution >= 4 is 17.0 Å². The Bertz CT molecular complexity index is 586. The Kier molecular flexibility index (Phi) is 4.67. The van der Waals surface area contributed by atoms with Crippen molar-refractivity contribution in [2.45, 2.75) is 12.6 Å². The van der Waals surface area contributed by atoms with E-state index in [9.17, 15) is 20.3 Å². The highest BCUT2D eigenvalue weighted by atomic mass is 32.1. The number of phenols is 1. The van der Waals surface area contributed by atoms with E-state index in [1.807, 2.05) is 16.8 Å². The van der Waals surface area contributed by atoms with Crippen LogP contribution in [0.3, 0.4) is 0 Å². The minimum atomic E-state index is -0.637. The zero-order valence-corrected chi connectivity index (χ0v) is 11.3. The first-order valence-corrected chi connectivity index (χ1v) is 6.89. The molecule has 0 aliphatic carbocycles. The van der Waals surface area contributed by atoms with Gasteiger partial charge in [0, 0.05) is 30.8 Å². The number of nitro benzene ring substituents is 1. The molecule has 0 saturated heterocycles. The number of phenolic OH excluding ortho intramolecular Hbond substituents is 1. The summed E-state index contributed by atoms with van der Waals surface area (Å²) in [6.45, 7) is 0.549. The number of hydrogen-bond donors (Lipinski definition) is 3. The lowest BCUT2D eigenvalue weighted by atomic mass is 10.1. The second-order valence-corrected chi connectivity index (χ2v) is 5.05. The van der Waals surface area contributed by atoms with E-state index in [-0.39, 0.29) is 18.0 Å². The molecule has 3 N–H and O–H groups in total. The zero-order chi connectivity index (χ0) is 14.5. The Morgan fingerprint density at radius 2 is 2.20 bits per heavy atom. The lowest BCUT2D eigenvalue weighted by Crippen LogP contribution is -2.20. The number of nitrogens with zero attached hydrogens (tertiary/aromatic N) is 1. The quantitative estimate of drug-likeness (QED) is 0.560. The van der Waals surface area contributed by atoms with Crippen LogP contribution in [-0.2, 0) is 6.54 Å². The van der Waals surface area contributed by atoms with E-state index in [1.54, 1.807) is 0 Å². The predicted octanol–water partition coefficient (Wildman–Crippen LogP) is 2.19. The van der Waals surface area contributed by atoms with E-state index in [4.69, 9.17) is 0 Å². The summed E-state index contributed by atoms with van der Waals surface area (Å²) in [5.74, 6) is -0.00637. The number of rotatable bonds is 6. The second-order valence-electron chi connectivity index (χ2n) is 4.27. The van der Waals surface area contributed by atoms with Gasteiger partial charge in [0.25, 0.3) is 5.69 Å². The molecule has 1 unspecified atom stereocenters. The van der Waals surface area contributed by atoms with Crippen molar-refractivity contribution in [3.63, 3.8) is 0 Å². The molecule has 1 aromatic carbocycles. The molecule has 1 heterocycles. The minimum absolute atomic E-state index is 0.00637. The van der Waals surface area contributed by atoms with Crippen molar-refractivity contribution in [2.24, 2.45) is 0 Å². The Morgan fingerprint density at radius 3 is 2.85 bits per heavy atom. The maximum Gasteiger partial charge on any atom is 0.270 e. The monoisotopic (exact) mass is 294 g/mol. The van der Waals surface area contributed by atoms with Gasteiger partial charge in [-0.2, -0.15) is 11.3 Å². The molecule has 106 valence electrons. The van der Waals surface area contributed by atoms with E-state index < -0.39 is 11.0 Å².